The van der Waals surface area contributed by atoms with Crippen LogP contribution in [0.15, 0.2) is 18.5 Å². The molecule has 2 N–H and O–H groups in total. The molecule has 2 aromatic rings. The fraction of sp³-hybridized carbons (Fsp3) is 0.312. The highest BCUT2D eigenvalue weighted by atomic mass is 35.5. The second kappa shape index (κ2) is 7.64. The Bertz CT molecular complexity index is 797. The summed E-state index contributed by atoms with van der Waals surface area (Å²) in [6.07, 6.45) is 3.87. The number of anilines is 1. The van der Waals surface area contributed by atoms with Crippen LogP contribution in [-0.4, -0.2) is 32.5 Å². The standard InChI is InChI=1S/C16H16ClN5O/c1-11(5-6-23)20-14-7-16(17)19-9-12(14)3-4-13-10-22(2)21-15(13)8-18/h7,9-11,23H,5-6H2,1-2H3,(H,19,20)/t11-/m0/s1. The lowest BCUT2D eigenvalue weighted by atomic mass is 10.1. The van der Waals surface area contributed by atoms with Crippen LogP contribution in [0.1, 0.15) is 30.2 Å². The van der Waals surface area contributed by atoms with Crippen molar-refractivity contribution >= 4 is 17.3 Å². The second-order valence-electron chi connectivity index (χ2n) is 5.04. The van der Waals surface area contributed by atoms with Crippen molar-refractivity contribution in [2.24, 2.45) is 7.05 Å². The molecule has 0 bridgehead atoms. The molecule has 6 nitrogen and oxygen atoms in total. The number of nitrogens with one attached hydrogen (secondary N) is 1. The number of hydrogen-bond donors (Lipinski definition) is 2. The zero-order valence-electron chi connectivity index (χ0n) is 12.8. The van der Waals surface area contributed by atoms with E-state index in [2.05, 4.69) is 27.2 Å². The third-order valence-corrected chi connectivity index (χ3v) is 3.31. The molecule has 0 aliphatic rings. The van der Waals surface area contributed by atoms with Crippen LogP contribution >= 0.6 is 11.6 Å². The fourth-order valence-electron chi connectivity index (χ4n) is 1.98. The maximum Gasteiger partial charge on any atom is 0.178 e. The molecule has 2 heterocycles. The number of hydrogen-bond acceptors (Lipinski definition) is 5. The SMILES string of the molecule is C[C@@H](CCO)Nc1cc(Cl)ncc1C#Cc1cn(C)nc1C#N. The van der Waals surface area contributed by atoms with Gasteiger partial charge in [-0.25, -0.2) is 4.98 Å². The maximum atomic E-state index is 9.04. The summed E-state index contributed by atoms with van der Waals surface area (Å²) in [5.74, 6) is 5.93. The Morgan fingerprint density at radius 3 is 2.87 bits per heavy atom. The third kappa shape index (κ3) is 4.46. The number of rotatable bonds is 4. The van der Waals surface area contributed by atoms with Crippen molar-refractivity contribution in [1.82, 2.24) is 14.8 Å². The summed E-state index contributed by atoms with van der Waals surface area (Å²) >= 11 is 5.94. The highest BCUT2D eigenvalue weighted by Gasteiger charge is 2.08. The summed E-state index contributed by atoms with van der Waals surface area (Å²) < 4.78 is 1.55. The molecular formula is C16H16ClN5O. The van der Waals surface area contributed by atoms with E-state index in [4.69, 9.17) is 22.0 Å². The summed E-state index contributed by atoms with van der Waals surface area (Å²) in [6.45, 7) is 2.05. The molecule has 0 amide bonds. The Hall–Kier alpha value is -2.54. The van der Waals surface area contributed by atoms with E-state index in [0.29, 0.717) is 22.7 Å². The van der Waals surface area contributed by atoms with Crippen LogP contribution in [-0.2, 0) is 7.05 Å². The lowest BCUT2D eigenvalue weighted by Crippen LogP contribution is -2.17. The predicted molar refractivity (Wildman–Crippen MR) is 87.9 cm³/mol. The molecule has 0 saturated carbocycles. The Kier molecular flexibility index (Phi) is 5.59. The van der Waals surface area contributed by atoms with Gasteiger partial charge in [-0.05, 0) is 19.4 Å². The Labute approximate surface area is 139 Å². The van der Waals surface area contributed by atoms with Crippen LogP contribution in [0.2, 0.25) is 5.15 Å². The van der Waals surface area contributed by atoms with Gasteiger partial charge in [-0.1, -0.05) is 23.4 Å². The molecule has 0 aliphatic carbocycles. The molecule has 1 atom stereocenters. The van der Waals surface area contributed by atoms with Gasteiger partial charge in [0.1, 0.15) is 11.2 Å². The summed E-state index contributed by atoms with van der Waals surface area (Å²) in [5.41, 5.74) is 2.23. The van der Waals surface area contributed by atoms with E-state index in [1.807, 2.05) is 13.0 Å². The van der Waals surface area contributed by atoms with Gasteiger partial charge in [-0.3, -0.25) is 4.68 Å². The lowest BCUT2D eigenvalue weighted by Gasteiger charge is -2.15. The van der Waals surface area contributed by atoms with E-state index in [1.165, 1.54) is 0 Å². The molecular weight excluding hydrogens is 314 g/mol. The largest absolute Gasteiger partial charge is 0.396 e. The maximum absolute atomic E-state index is 9.04. The van der Waals surface area contributed by atoms with Crippen molar-refractivity contribution in [1.29, 1.82) is 5.26 Å². The molecule has 0 saturated heterocycles. The van der Waals surface area contributed by atoms with Crippen molar-refractivity contribution in [3.8, 4) is 17.9 Å². The number of aromatic nitrogens is 3. The molecule has 2 rings (SSSR count). The van der Waals surface area contributed by atoms with Crippen LogP contribution in [0.4, 0.5) is 5.69 Å². The third-order valence-electron chi connectivity index (χ3n) is 3.10. The number of nitrogens with zero attached hydrogens (tertiary/aromatic N) is 4. The number of nitriles is 1. The smallest absolute Gasteiger partial charge is 0.178 e. The zero-order valence-corrected chi connectivity index (χ0v) is 13.6. The van der Waals surface area contributed by atoms with E-state index in [9.17, 15) is 0 Å². The highest BCUT2D eigenvalue weighted by molar-refractivity contribution is 6.29. The summed E-state index contributed by atoms with van der Waals surface area (Å²) in [6, 6.07) is 3.76. The van der Waals surface area contributed by atoms with Crippen molar-refractivity contribution < 1.29 is 5.11 Å². The molecule has 0 radical (unpaired) electrons. The van der Waals surface area contributed by atoms with Crippen LogP contribution in [0.25, 0.3) is 0 Å². The topological polar surface area (TPSA) is 86.8 Å². The van der Waals surface area contributed by atoms with Gasteiger partial charge in [0.25, 0.3) is 0 Å². The van der Waals surface area contributed by atoms with Gasteiger partial charge in [0.2, 0.25) is 0 Å². The molecule has 118 valence electrons. The summed E-state index contributed by atoms with van der Waals surface area (Å²) in [7, 11) is 1.74. The minimum absolute atomic E-state index is 0.0621. The quantitative estimate of drug-likeness (QED) is 0.661. The number of aliphatic hydroxyl groups excluding tert-OH is 1. The molecule has 0 spiro atoms. The lowest BCUT2D eigenvalue weighted by molar-refractivity contribution is 0.282. The van der Waals surface area contributed by atoms with Gasteiger partial charge < -0.3 is 10.4 Å². The normalized spacial score (nSPS) is 11.3. The van der Waals surface area contributed by atoms with Crippen molar-refractivity contribution in [2.45, 2.75) is 19.4 Å². The molecule has 7 heteroatoms. The fourth-order valence-corrected chi connectivity index (χ4v) is 2.14. The van der Waals surface area contributed by atoms with Crippen molar-refractivity contribution in [3.05, 3.63) is 40.4 Å². The average Bonchev–Trinajstić information content (AvgIpc) is 2.87. The molecule has 23 heavy (non-hydrogen) atoms. The first-order chi connectivity index (χ1) is 11.0. The highest BCUT2D eigenvalue weighted by Crippen LogP contribution is 2.19. The van der Waals surface area contributed by atoms with Crippen molar-refractivity contribution in [3.63, 3.8) is 0 Å². The number of halogens is 1. The first-order valence-electron chi connectivity index (χ1n) is 7.02. The Morgan fingerprint density at radius 1 is 1.43 bits per heavy atom. The minimum atomic E-state index is 0.0621. The van der Waals surface area contributed by atoms with Gasteiger partial charge in [-0.2, -0.15) is 10.4 Å². The van der Waals surface area contributed by atoms with Crippen LogP contribution in [0.3, 0.4) is 0 Å². The molecule has 0 aromatic carbocycles. The Morgan fingerprint density at radius 2 is 2.17 bits per heavy atom. The van der Waals surface area contributed by atoms with E-state index in [0.717, 1.165) is 5.69 Å². The first kappa shape index (κ1) is 16.8. The molecule has 0 aliphatic heterocycles. The predicted octanol–water partition coefficient (Wildman–Crippen LogP) is 1.92. The molecule has 0 unspecified atom stereocenters. The van der Waals surface area contributed by atoms with Crippen LogP contribution < -0.4 is 5.32 Å². The average molecular weight is 330 g/mol. The van der Waals surface area contributed by atoms with Gasteiger partial charge >= 0.3 is 0 Å². The van der Waals surface area contributed by atoms with Crippen LogP contribution in [0, 0.1) is 23.2 Å². The van der Waals surface area contributed by atoms with Gasteiger partial charge in [0, 0.05) is 32.1 Å². The summed E-state index contributed by atoms with van der Waals surface area (Å²) in [4.78, 5) is 4.04. The zero-order chi connectivity index (χ0) is 16.8. The van der Waals surface area contributed by atoms with Crippen molar-refractivity contribution in [2.75, 3.05) is 11.9 Å². The van der Waals surface area contributed by atoms with E-state index >= 15 is 0 Å². The Balaban J connectivity index is 2.33. The van der Waals surface area contributed by atoms with Crippen LogP contribution in [0.5, 0.6) is 0 Å². The number of aliphatic hydroxyl groups is 1. The van der Waals surface area contributed by atoms with Gasteiger partial charge in [-0.15, -0.1) is 0 Å². The van der Waals surface area contributed by atoms with E-state index in [-0.39, 0.29) is 18.3 Å². The molecule has 2 aromatic heterocycles. The van der Waals surface area contributed by atoms with Gasteiger partial charge in [0.15, 0.2) is 5.69 Å². The first-order valence-corrected chi connectivity index (χ1v) is 7.40. The second-order valence-corrected chi connectivity index (χ2v) is 5.42. The van der Waals surface area contributed by atoms with E-state index in [1.54, 1.807) is 30.2 Å². The summed E-state index contributed by atoms with van der Waals surface area (Å²) in [5, 5.41) is 25.7. The number of pyridine rings is 1. The molecule has 0 fully saturated rings. The van der Waals surface area contributed by atoms with E-state index < -0.39 is 0 Å². The van der Waals surface area contributed by atoms with Gasteiger partial charge in [0.05, 0.1) is 16.8 Å². The number of aryl methyl sites for hydroxylation is 1. The minimum Gasteiger partial charge on any atom is -0.396 e. The monoisotopic (exact) mass is 329 g/mol.